The molecule has 0 spiro atoms. The predicted octanol–water partition coefficient (Wildman–Crippen LogP) is 3.09. The molecule has 0 fully saturated rings. The van der Waals surface area contributed by atoms with Crippen LogP contribution < -0.4 is 0 Å². The number of rotatable bonds is 5. The van der Waals surface area contributed by atoms with Gasteiger partial charge in [0.1, 0.15) is 0 Å². The Kier molecular flexibility index (Phi) is 4.50. The van der Waals surface area contributed by atoms with E-state index < -0.39 is 8.32 Å². The monoisotopic (exact) mass is 268 g/mol. The summed E-state index contributed by atoms with van der Waals surface area (Å²) in [6.07, 6.45) is 1.49. The molecule has 1 heterocycles. The van der Waals surface area contributed by atoms with Gasteiger partial charge < -0.3 is 9.41 Å². The van der Waals surface area contributed by atoms with E-state index in [0.717, 1.165) is 24.1 Å². The van der Waals surface area contributed by atoms with Crippen LogP contribution in [0.5, 0.6) is 0 Å². The number of H-pyrrole nitrogens is 1. The fourth-order valence-corrected chi connectivity index (χ4v) is 2.49. The van der Waals surface area contributed by atoms with Crippen LogP contribution in [-0.4, -0.2) is 31.2 Å². The Morgan fingerprint density at radius 3 is 2.44 bits per heavy atom. The highest BCUT2D eigenvalue weighted by molar-refractivity contribution is 6.74. The average Bonchev–Trinajstić information content (AvgIpc) is 2.58. The lowest BCUT2D eigenvalue weighted by atomic mass is 10.2. The van der Waals surface area contributed by atoms with Crippen LogP contribution in [0.15, 0.2) is 0 Å². The molecule has 0 radical (unpaired) electrons. The van der Waals surface area contributed by atoms with E-state index in [0.29, 0.717) is 12.4 Å². The van der Waals surface area contributed by atoms with Crippen LogP contribution in [0.3, 0.4) is 0 Å². The molecule has 0 saturated carbocycles. The molecule has 0 saturated heterocycles. The van der Waals surface area contributed by atoms with E-state index in [4.69, 9.17) is 4.43 Å². The largest absolute Gasteiger partial charge is 0.416 e. The van der Waals surface area contributed by atoms with E-state index in [1.165, 1.54) is 0 Å². The third kappa shape index (κ3) is 3.52. The van der Waals surface area contributed by atoms with Crippen molar-refractivity contribution in [1.29, 1.82) is 0 Å². The van der Waals surface area contributed by atoms with Crippen LogP contribution in [0.2, 0.25) is 18.1 Å². The van der Waals surface area contributed by atoms with Crippen molar-refractivity contribution >= 4 is 14.6 Å². The highest BCUT2D eigenvalue weighted by Crippen LogP contribution is 2.36. The van der Waals surface area contributed by atoms with Crippen molar-refractivity contribution in [3.05, 3.63) is 17.2 Å². The molecule has 0 aliphatic rings. The first-order chi connectivity index (χ1) is 8.17. The molecule has 0 atom stereocenters. The Morgan fingerprint density at radius 2 is 2.00 bits per heavy atom. The Balaban J connectivity index is 2.56. The molecule has 0 aliphatic heterocycles. The van der Waals surface area contributed by atoms with Gasteiger partial charge in [-0.05, 0) is 25.1 Å². The van der Waals surface area contributed by atoms with Gasteiger partial charge >= 0.3 is 0 Å². The summed E-state index contributed by atoms with van der Waals surface area (Å²) in [6, 6.07) is 0. The fourth-order valence-electron chi connectivity index (χ4n) is 1.44. The first-order valence-corrected chi connectivity index (χ1v) is 9.23. The molecule has 1 rings (SSSR count). The highest BCUT2D eigenvalue weighted by atomic mass is 28.4. The van der Waals surface area contributed by atoms with E-state index in [2.05, 4.69) is 43.8 Å². The number of nitrogens with one attached hydrogen (secondary N) is 1. The van der Waals surface area contributed by atoms with Gasteiger partial charge in [-0.3, -0.25) is 4.79 Å². The molecule has 1 N–H and O–H groups in total. The number of hydrogen-bond acceptors (Lipinski definition) is 3. The van der Waals surface area contributed by atoms with Crippen LogP contribution in [-0.2, 0) is 10.8 Å². The third-order valence-corrected chi connectivity index (χ3v) is 8.26. The van der Waals surface area contributed by atoms with Crippen molar-refractivity contribution in [3.63, 3.8) is 0 Å². The quantitative estimate of drug-likeness (QED) is 0.659. The second-order valence-electron chi connectivity index (χ2n) is 6.17. The zero-order valence-electron chi connectivity index (χ0n) is 12.3. The van der Waals surface area contributed by atoms with Crippen molar-refractivity contribution in [1.82, 2.24) is 9.97 Å². The lowest BCUT2D eigenvalue weighted by Gasteiger charge is -2.36. The molecule has 1 aromatic heterocycles. The summed E-state index contributed by atoms with van der Waals surface area (Å²) in [5, 5.41) is 0.224. The molecule has 18 heavy (non-hydrogen) atoms. The van der Waals surface area contributed by atoms with Crippen LogP contribution in [0.25, 0.3) is 0 Å². The minimum Gasteiger partial charge on any atom is -0.416 e. The molecule has 0 amide bonds. The smallest absolute Gasteiger partial charge is 0.191 e. The molecule has 4 nitrogen and oxygen atoms in total. The minimum absolute atomic E-state index is 0.224. The van der Waals surface area contributed by atoms with Crippen LogP contribution in [0.1, 0.15) is 42.8 Å². The maximum Gasteiger partial charge on any atom is 0.191 e. The van der Waals surface area contributed by atoms with E-state index in [9.17, 15) is 4.79 Å². The topological polar surface area (TPSA) is 55.0 Å². The number of aldehydes is 1. The van der Waals surface area contributed by atoms with E-state index in [1.54, 1.807) is 0 Å². The van der Waals surface area contributed by atoms with Crippen LogP contribution in [0.4, 0.5) is 0 Å². The second kappa shape index (κ2) is 5.36. The van der Waals surface area contributed by atoms with Crippen molar-refractivity contribution in [3.8, 4) is 0 Å². The standard InChI is InChI=1S/C13H24N2O2Si/c1-10-11(15-12(9-16)14-10)7-8-17-18(5,6)13(2,3)4/h9H,7-8H2,1-6H3,(H,14,15). The lowest BCUT2D eigenvalue weighted by Crippen LogP contribution is -2.41. The maximum atomic E-state index is 10.6. The lowest BCUT2D eigenvalue weighted by molar-refractivity contribution is 0.111. The van der Waals surface area contributed by atoms with E-state index >= 15 is 0 Å². The van der Waals surface area contributed by atoms with Crippen molar-refractivity contribution in [2.75, 3.05) is 6.61 Å². The predicted molar refractivity (Wildman–Crippen MR) is 75.6 cm³/mol. The van der Waals surface area contributed by atoms with Crippen LogP contribution in [0, 0.1) is 6.92 Å². The summed E-state index contributed by atoms with van der Waals surface area (Å²) in [6.45, 7) is 13.8. The number of aryl methyl sites for hydroxylation is 1. The molecular formula is C13H24N2O2Si. The Labute approximate surface area is 110 Å². The summed E-state index contributed by atoms with van der Waals surface area (Å²) >= 11 is 0. The number of carbonyl (C=O) groups is 1. The van der Waals surface area contributed by atoms with Gasteiger partial charge in [0.05, 0.1) is 5.69 Å². The van der Waals surface area contributed by atoms with Gasteiger partial charge in [-0.1, -0.05) is 20.8 Å². The first-order valence-electron chi connectivity index (χ1n) is 6.32. The summed E-state index contributed by atoms with van der Waals surface area (Å²) < 4.78 is 6.09. The molecule has 102 valence electrons. The fraction of sp³-hybridized carbons (Fsp3) is 0.692. The summed E-state index contributed by atoms with van der Waals surface area (Å²) in [7, 11) is -1.69. The molecular weight excluding hydrogens is 244 g/mol. The molecule has 0 unspecified atom stereocenters. The molecule has 0 aliphatic carbocycles. The third-order valence-electron chi connectivity index (χ3n) is 3.72. The van der Waals surface area contributed by atoms with Crippen molar-refractivity contribution in [2.24, 2.45) is 0 Å². The Hall–Kier alpha value is -0.943. The van der Waals surface area contributed by atoms with Crippen LogP contribution >= 0.6 is 0 Å². The van der Waals surface area contributed by atoms with Gasteiger partial charge in [0.15, 0.2) is 20.4 Å². The summed E-state index contributed by atoms with van der Waals surface area (Å²) in [4.78, 5) is 17.8. The Morgan fingerprint density at radius 1 is 1.39 bits per heavy atom. The zero-order chi connectivity index (χ0) is 14.0. The van der Waals surface area contributed by atoms with Gasteiger partial charge in [0.2, 0.25) is 0 Å². The van der Waals surface area contributed by atoms with Crippen molar-refractivity contribution in [2.45, 2.75) is 52.2 Å². The van der Waals surface area contributed by atoms with Gasteiger partial charge in [-0.15, -0.1) is 0 Å². The normalized spacial score (nSPS) is 12.8. The number of imidazole rings is 1. The number of nitrogens with zero attached hydrogens (tertiary/aromatic N) is 1. The first kappa shape index (κ1) is 15.1. The van der Waals surface area contributed by atoms with Gasteiger partial charge in [0.25, 0.3) is 0 Å². The summed E-state index contributed by atoms with van der Waals surface area (Å²) in [5.74, 6) is 0.398. The summed E-state index contributed by atoms with van der Waals surface area (Å²) in [5.41, 5.74) is 1.88. The SMILES string of the molecule is Cc1[nH]c(C=O)nc1CCO[Si](C)(C)C(C)(C)C. The average molecular weight is 268 g/mol. The molecule has 0 aromatic carbocycles. The second-order valence-corrected chi connectivity index (χ2v) is 11.0. The molecule has 1 aromatic rings. The number of carbonyl (C=O) groups excluding carboxylic acids is 1. The minimum atomic E-state index is -1.69. The van der Waals surface area contributed by atoms with Gasteiger partial charge in [-0.2, -0.15) is 0 Å². The maximum absolute atomic E-state index is 10.6. The zero-order valence-corrected chi connectivity index (χ0v) is 13.3. The number of aromatic nitrogens is 2. The van der Waals surface area contributed by atoms with E-state index in [-0.39, 0.29) is 5.04 Å². The van der Waals surface area contributed by atoms with E-state index in [1.807, 2.05) is 6.92 Å². The van der Waals surface area contributed by atoms with Crippen molar-refractivity contribution < 1.29 is 9.22 Å². The number of hydrogen-bond donors (Lipinski definition) is 1. The van der Waals surface area contributed by atoms with Gasteiger partial charge in [0, 0.05) is 18.7 Å². The number of aromatic amines is 1. The molecule has 5 heteroatoms. The Bertz CT molecular complexity index is 419. The van der Waals surface area contributed by atoms with Gasteiger partial charge in [-0.25, -0.2) is 4.98 Å². The molecule has 0 bridgehead atoms. The highest BCUT2D eigenvalue weighted by Gasteiger charge is 2.36.